The van der Waals surface area contributed by atoms with Crippen molar-refractivity contribution < 1.29 is 9.84 Å². The molecule has 0 fully saturated rings. The maximum atomic E-state index is 8.83. The molecule has 0 aromatic carbocycles. The maximum absolute atomic E-state index is 8.83. The van der Waals surface area contributed by atoms with E-state index in [-0.39, 0.29) is 18.4 Å². The summed E-state index contributed by atoms with van der Waals surface area (Å²) in [4.78, 5) is 0. The number of aliphatic hydroxyl groups is 1. The molecule has 0 aromatic rings. The second kappa shape index (κ2) is 4.70. The van der Waals surface area contributed by atoms with Gasteiger partial charge in [-0.2, -0.15) is 0 Å². The molecule has 3 nitrogen and oxygen atoms in total. The average molecular weight is 161 g/mol. The number of rotatable bonds is 4. The molecule has 11 heavy (non-hydrogen) atoms. The zero-order valence-electron chi connectivity index (χ0n) is 7.85. The molecule has 0 rings (SSSR count). The summed E-state index contributed by atoms with van der Waals surface area (Å²) < 4.78 is 5.21. The van der Waals surface area contributed by atoms with Gasteiger partial charge in [0.2, 0.25) is 0 Å². The summed E-state index contributed by atoms with van der Waals surface area (Å²) in [6.07, 6.45) is -0.236. The van der Waals surface area contributed by atoms with Crippen molar-refractivity contribution in [3.05, 3.63) is 0 Å². The van der Waals surface area contributed by atoms with Gasteiger partial charge in [-0.1, -0.05) is 0 Å². The third-order valence-electron chi connectivity index (χ3n) is 1.13. The highest BCUT2D eigenvalue weighted by molar-refractivity contribution is 4.72. The van der Waals surface area contributed by atoms with Gasteiger partial charge in [-0.05, 0) is 27.7 Å². The van der Waals surface area contributed by atoms with Crippen molar-refractivity contribution >= 4 is 0 Å². The molecule has 0 amide bonds. The SMILES string of the molecule is CCOC(CO)NC(C)(C)C. The van der Waals surface area contributed by atoms with Crippen molar-refractivity contribution in [1.29, 1.82) is 0 Å². The molecular weight excluding hydrogens is 142 g/mol. The van der Waals surface area contributed by atoms with Crippen LogP contribution in [-0.2, 0) is 4.74 Å². The number of hydrogen-bond acceptors (Lipinski definition) is 3. The van der Waals surface area contributed by atoms with Crippen LogP contribution in [0.2, 0.25) is 0 Å². The van der Waals surface area contributed by atoms with Crippen LogP contribution in [0.5, 0.6) is 0 Å². The van der Waals surface area contributed by atoms with Gasteiger partial charge in [-0.15, -0.1) is 0 Å². The van der Waals surface area contributed by atoms with Gasteiger partial charge in [-0.25, -0.2) is 0 Å². The lowest BCUT2D eigenvalue weighted by Gasteiger charge is -2.26. The molecule has 1 unspecified atom stereocenters. The van der Waals surface area contributed by atoms with Crippen molar-refractivity contribution in [3.8, 4) is 0 Å². The van der Waals surface area contributed by atoms with Crippen molar-refractivity contribution in [2.75, 3.05) is 13.2 Å². The molecule has 0 aliphatic rings. The highest BCUT2D eigenvalue weighted by Crippen LogP contribution is 2.01. The molecule has 0 radical (unpaired) electrons. The fourth-order valence-corrected chi connectivity index (χ4v) is 0.824. The summed E-state index contributed by atoms with van der Waals surface area (Å²) in [6, 6.07) is 0. The van der Waals surface area contributed by atoms with Gasteiger partial charge in [0.15, 0.2) is 0 Å². The van der Waals surface area contributed by atoms with Crippen LogP contribution >= 0.6 is 0 Å². The number of ether oxygens (including phenoxy) is 1. The first-order valence-electron chi connectivity index (χ1n) is 3.99. The fourth-order valence-electron chi connectivity index (χ4n) is 0.824. The van der Waals surface area contributed by atoms with Gasteiger partial charge in [-0.3, -0.25) is 5.32 Å². The van der Waals surface area contributed by atoms with Crippen molar-refractivity contribution in [1.82, 2.24) is 5.32 Å². The average Bonchev–Trinajstić information content (AvgIpc) is 1.84. The highest BCUT2D eigenvalue weighted by Gasteiger charge is 2.15. The Morgan fingerprint density at radius 1 is 1.45 bits per heavy atom. The second-order valence-electron chi connectivity index (χ2n) is 3.52. The second-order valence-corrected chi connectivity index (χ2v) is 3.52. The molecule has 2 N–H and O–H groups in total. The molecule has 0 saturated heterocycles. The van der Waals surface area contributed by atoms with E-state index in [2.05, 4.69) is 5.32 Å². The molecule has 68 valence electrons. The number of nitrogens with one attached hydrogen (secondary N) is 1. The first-order valence-corrected chi connectivity index (χ1v) is 3.99. The minimum atomic E-state index is -0.236. The lowest BCUT2D eigenvalue weighted by atomic mass is 10.1. The Morgan fingerprint density at radius 2 is 2.00 bits per heavy atom. The Balaban J connectivity index is 3.68. The molecule has 1 atom stereocenters. The van der Waals surface area contributed by atoms with E-state index >= 15 is 0 Å². The number of aliphatic hydroxyl groups excluding tert-OH is 1. The van der Waals surface area contributed by atoms with Crippen LogP contribution in [0.15, 0.2) is 0 Å². The molecule has 0 aliphatic heterocycles. The molecule has 0 bridgehead atoms. The van der Waals surface area contributed by atoms with Crippen molar-refractivity contribution in [2.24, 2.45) is 0 Å². The molecular formula is C8H19NO2. The molecule has 0 heterocycles. The van der Waals surface area contributed by atoms with E-state index in [9.17, 15) is 0 Å². The quantitative estimate of drug-likeness (QED) is 0.597. The maximum Gasteiger partial charge on any atom is 0.131 e. The van der Waals surface area contributed by atoms with Crippen LogP contribution in [0.3, 0.4) is 0 Å². The summed E-state index contributed by atoms with van der Waals surface area (Å²) in [7, 11) is 0. The lowest BCUT2D eigenvalue weighted by molar-refractivity contribution is -0.0161. The number of hydrogen-bond donors (Lipinski definition) is 2. The summed E-state index contributed by atoms with van der Waals surface area (Å²) in [5.74, 6) is 0. The van der Waals surface area contributed by atoms with E-state index in [4.69, 9.17) is 9.84 Å². The molecule has 0 aliphatic carbocycles. The topological polar surface area (TPSA) is 41.5 Å². The lowest BCUT2D eigenvalue weighted by Crippen LogP contribution is -2.46. The Kier molecular flexibility index (Phi) is 4.65. The Labute approximate surface area is 68.8 Å². The standard InChI is InChI=1S/C8H19NO2/c1-5-11-7(6-10)9-8(2,3)4/h7,9-10H,5-6H2,1-4H3. The predicted octanol–water partition coefficient (Wildman–Crippen LogP) is 0.729. The first-order chi connectivity index (χ1) is 4.99. The van der Waals surface area contributed by atoms with Crippen LogP contribution in [0.1, 0.15) is 27.7 Å². The Bertz CT molecular complexity index is 98.8. The van der Waals surface area contributed by atoms with E-state index in [1.54, 1.807) is 0 Å². The normalized spacial score (nSPS) is 15.0. The van der Waals surface area contributed by atoms with E-state index < -0.39 is 0 Å². The molecule has 0 saturated carbocycles. The molecule has 3 heteroatoms. The molecule has 0 aromatic heterocycles. The largest absolute Gasteiger partial charge is 0.392 e. The minimum Gasteiger partial charge on any atom is -0.392 e. The van der Waals surface area contributed by atoms with E-state index in [0.29, 0.717) is 6.61 Å². The summed E-state index contributed by atoms with van der Waals surface area (Å²) in [5.41, 5.74) is -0.0113. The van der Waals surface area contributed by atoms with Gasteiger partial charge in [0, 0.05) is 12.1 Å². The summed E-state index contributed by atoms with van der Waals surface area (Å²) >= 11 is 0. The Hall–Kier alpha value is -0.120. The summed E-state index contributed by atoms with van der Waals surface area (Å²) in [6.45, 7) is 8.66. The van der Waals surface area contributed by atoms with Crippen LogP contribution < -0.4 is 5.32 Å². The van der Waals surface area contributed by atoms with Crippen LogP contribution in [0.4, 0.5) is 0 Å². The predicted molar refractivity (Wildman–Crippen MR) is 45.4 cm³/mol. The van der Waals surface area contributed by atoms with Crippen LogP contribution in [0, 0.1) is 0 Å². The third-order valence-corrected chi connectivity index (χ3v) is 1.13. The smallest absolute Gasteiger partial charge is 0.131 e. The van der Waals surface area contributed by atoms with Gasteiger partial charge >= 0.3 is 0 Å². The third kappa shape index (κ3) is 6.28. The van der Waals surface area contributed by atoms with Crippen molar-refractivity contribution in [3.63, 3.8) is 0 Å². The minimum absolute atomic E-state index is 0.0113. The van der Waals surface area contributed by atoms with Gasteiger partial charge < -0.3 is 9.84 Å². The van der Waals surface area contributed by atoms with Gasteiger partial charge in [0.1, 0.15) is 6.23 Å². The van der Waals surface area contributed by atoms with E-state index in [1.165, 1.54) is 0 Å². The van der Waals surface area contributed by atoms with E-state index in [1.807, 2.05) is 27.7 Å². The van der Waals surface area contributed by atoms with Gasteiger partial charge in [0.25, 0.3) is 0 Å². The Morgan fingerprint density at radius 3 is 2.27 bits per heavy atom. The van der Waals surface area contributed by atoms with E-state index in [0.717, 1.165) is 0 Å². The van der Waals surface area contributed by atoms with Crippen LogP contribution in [-0.4, -0.2) is 30.1 Å². The van der Waals surface area contributed by atoms with Crippen LogP contribution in [0.25, 0.3) is 0 Å². The summed E-state index contributed by atoms with van der Waals surface area (Å²) in [5, 5.41) is 12.0. The fraction of sp³-hybridized carbons (Fsp3) is 1.00. The highest BCUT2D eigenvalue weighted by atomic mass is 16.5. The first kappa shape index (κ1) is 10.9. The zero-order valence-corrected chi connectivity index (χ0v) is 7.85. The van der Waals surface area contributed by atoms with Crippen molar-refractivity contribution in [2.45, 2.75) is 39.5 Å². The molecule has 0 spiro atoms. The zero-order chi connectivity index (χ0) is 8.91. The van der Waals surface area contributed by atoms with Gasteiger partial charge in [0.05, 0.1) is 6.61 Å². The monoisotopic (exact) mass is 161 g/mol.